The Balaban J connectivity index is 1.84. The molecule has 3 aromatic rings. The van der Waals surface area contributed by atoms with Gasteiger partial charge in [-0.3, -0.25) is 8.99 Å². The van der Waals surface area contributed by atoms with Gasteiger partial charge in [-0.1, -0.05) is 30.3 Å². The molecule has 1 aromatic heterocycles. The number of nitrogens with zero attached hydrogens (tertiary/aromatic N) is 3. The monoisotopic (exact) mass is 381 g/mol. The van der Waals surface area contributed by atoms with E-state index in [0.29, 0.717) is 11.4 Å². The van der Waals surface area contributed by atoms with Crippen molar-refractivity contribution in [3.8, 4) is 11.1 Å². The SMILES string of the molecule is Cc1ccc(-c2cnn(C)c2)cc1S(=O)(=O)N1CCCc2cccc(C)c21. The van der Waals surface area contributed by atoms with Crippen molar-refractivity contribution >= 4 is 15.7 Å². The summed E-state index contributed by atoms with van der Waals surface area (Å²) >= 11 is 0. The number of rotatable bonds is 3. The highest BCUT2D eigenvalue weighted by atomic mass is 32.2. The molecule has 0 radical (unpaired) electrons. The summed E-state index contributed by atoms with van der Waals surface area (Å²) in [6, 6.07) is 11.6. The molecule has 4 rings (SSSR count). The van der Waals surface area contributed by atoms with Crippen LogP contribution in [-0.4, -0.2) is 24.7 Å². The third-order valence-corrected chi connectivity index (χ3v) is 7.11. The van der Waals surface area contributed by atoms with E-state index in [9.17, 15) is 8.42 Å². The summed E-state index contributed by atoms with van der Waals surface area (Å²) in [5.74, 6) is 0. The molecular weight excluding hydrogens is 358 g/mol. The van der Waals surface area contributed by atoms with Gasteiger partial charge in [0.1, 0.15) is 0 Å². The average Bonchev–Trinajstić information content (AvgIpc) is 3.08. The molecule has 27 heavy (non-hydrogen) atoms. The molecule has 2 aromatic carbocycles. The number of anilines is 1. The summed E-state index contributed by atoms with van der Waals surface area (Å²) in [5.41, 5.74) is 5.46. The van der Waals surface area contributed by atoms with E-state index in [-0.39, 0.29) is 0 Å². The molecule has 0 spiro atoms. The lowest BCUT2D eigenvalue weighted by Gasteiger charge is -2.32. The van der Waals surface area contributed by atoms with Crippen LogP contribution in [0, 0.1) is 13.8 Å². The Labute approximate surface area is 160 Å². The van der Waals surface area contributed by atoms with Crippen molar-refractivity contribution in [2.24, 2.45) is 7.05 Å². The van der Waals surface area contributed by atoms with Crippen LogP contribution in [0.3, 0.4) is 0 Å². The molecule has 0 bridgehead atoms. The number of hydrogen-bond acceptors (Lipinski definition) is 3. The minimum atomic E-state index is -3.65. The molecule has 140 valence electrons. The Morgan fingerprint density at radius 2 is 1.85 bits per heavy atom. The number of aryl methyl sites for hydroxylation is 4. The Morgan fingerprint density at radius 1 is 1.04 bits per heavy atom. The van der Waals surface area contributed by atoms with Crippen LogP contribution in [0.2, 0.25) is 0 Å². The van der Waals surface area contributed by atoms with Gasteiger partial charge >= 0.3 is 0 Å². The molecule has 0 aliphatic carbocycles. The zero-order valence-corrected chi connectivity index (χ0v) is 16.6. The van der Waals surface area contributed by atoms with Crippen molar-refractivity contribution in [3.05, 3.63) is 65.5 Å². The fourth-order valence-electron chi connectivity index (χ4n) is 3.79. The first-order chi connectivity index (χ1) is 12.9. The first-order valence-corrected chi connectivity index (χ1v) is 10.5. The summed E-state index contributed by atoms with van der Waals surface area (Å²) in [4.78, 5) is 0.361. The lowest BCUT2D eigenvalue weighted by atomic mass is 10.0. The van der Waals surface area contributed by atoms with Gasteiger partial charge in [-0.15, -0.1) is 0 Å². The van der Waals surface area contributed by atoms with Crippen LogP contribution in [-0.2, 0) is 23.5 Å². The first kappa shape index (κ1) is 17.8. The normalized spacial score (nSPS) is 14.3. The molecule has 1 aliphatic rings. The van der Waals surface area contributed by atoms with E-state index in [1.165, 1.54) is 0 Å². The van der Waals surface area contributed by atoms with E-state index >= 15 is 0 Å². The van der Waals surface area contributed by atoms with Crippen molar-refractivity contribution in [2.45, 2.75) is 31.6 Å². The quantitative estimate of drug-likeness (QED) is 0.692. The summed E-state index contributed by atoms with van der Waals surface area (Å²) in [6.45, 7) is 4.34. The lowest BCUT2D eigenvalue weighted by molar-refractivity contribution is 0.586. The lowest BCUT2D eigenvalue weighted by Crippen LogP contribution is -2.36. The van der Waals surface area contributed by atoms with E-state index in [2.05, 4.69) is 5.10 Å². The number of fused-ring (bicyclic) bond motifs is 1. The van der Waals surface area contributed by atoms with Gasteiger partial charge in [0.05, 0.1) is 16.8 Å². The maximum absolute atomic E-state index is 13.6. The zero-order valence-electron chi connectivity index (χ0n) is 15.8. The van der Waals surface area contributed by atoms with Gasteiger partial charge in [0.25, 0.3) is 10.0 Å². The van der Waals surface area contributed by atoms with Crippen molar-refractivity contribution in [2.75, 3.05) is 10.8 Å². The second-order valence-corrected chi connectivity index (χ2v) is 8.98. The fraction of sp³-hybridized carbons (Fsp3) is 0.286. The molecule has 0 saturated carbocycles. The van der Waals surface area contributed by atoms with E-state index in [1.807, 2.05) is 57.4 Å². The maximum atomic E-state index is 13.6. The highest BCUT2D eigenvalue weighted by Crippen LogP contribution is 2.36. The third-order valence-electron chi connectivity index (χ3n) is 5.17. The number of benzene rings is 2. The van der Waals surface area contributed by atoms with Crippen molar-refractivity contribution in [1.29, 1.82) is 0 Å². The Kier molecular flexibility index (Phi) is 4.30. The van der Waals surface area contributed by atoms with Crippen LogP contribution in [0.15, 0.2) is 53.7 Å². The molecule has 6 heteroatoms. The molecule has 1 aliphatic heterocycles. The summed E-state index contributed by atoms with van der Waals surface area (Å²) in [6.07, 6.45) is 5.39. The molecule has 0 amide bonds. The van der Waals surface area contributed by atoms with Crippen LogP contribution >= 0.6 is 0 Å². The van der Waals surface area contributed by atoms with E-state index in [1.54, 1.807) is 21.3 Å². The van der Waals surface area contributed by atoms with Crippen LogP contribution in [0.1, 0.15) is 23.1 Å². The number of hydrogen-bond donors (Lipinski definition) is 0. The van der Waals surface area contributed by atoms with Crippen LogP contribution in [0.4, 0.5) is 5.69 Å². The fourth-order valence-corrected chi connectivity index (χ4v) is 5.65. The topological polar surface area (TPSA) is 55.2 Å². The third kappa shape index (κ3) is 3.04. The van der Waals surface area contributed by atoms with E-state index < -0.39 is 10.0 Å². The molecule has 2 heterocycles. The highest BCUT2D eigenvalue weighted by Gasteiger charge is 2.31. The van der Waals surface area contributed by atoms with Gasteiger partial charge in [0.2, 0.25) is 0 Å². The second kappa shape index (κ2) is 6.53. The molecular formula is C21H23N3O2S. The minimum absolute atomic E-state index is 0.361. The van der Waals surface area contributed by atoms with Crippen molar-refractivity contribution < 1.29 is 8.42 Å². The van der Waals surface area contributed by atoms with Gasteiger partial charge in [-0.2, -0.15) is 5.10 Å². The Hall–Kier alpha value is -2.60. The summed E-state index contributed by atoms with van der Waals surface area (Å²) in [5, 5.41) is 4.20. The standard InChI is InChI=1S/C21H23N3O2S/c1-15-9-10-18(19-13-22-23(3)14-19)12-20(15)27(25,26)24-11-5-8-17-7-4-6-16(2)21(17)24/h4,6-7,9-10,12-14H,5,8,11H2,1-3H3. The molecule has 0 saturated heterocycles. The molecule has 5 nitrogen and oxygen atoms in total. The predicted molar refractivity (Wildman–Crippen MR) is 107 cm³/mol. The smallest absolute Gasteiger partial charge is 0.264 e. The van der Waals surface area contributed by atoms with Crippen LogP contribution in [0.5, 0.6) is 0 Å². The number of sulfonamides is 1. The number of para-hydroxylation sites is 1. The van der Waals surface area contributed by atoms with Crippen molar-refractivity contribution in [3.63, 3.8) is 0 Å². The summed E-state index contributed by atoms with van der Waals surface area (Å²) < 4.78 is 30.5. The van der Waals surface area contributed by atoms with Crippen LogP contribution in [0.25, 0.3) is 11.1 Å². The largest absolute Gasteiger partial charge is 0.275 e. The Bertz CT molecular complexity index is 1120. The molecule has 0 fully saturated rings. The average molecular weight is 382 g/mol. The zero-order chi connectivity index (χ0) is 19.2. The predicted octanol–water partition coefficient (Wildman–Crippen LogP) is 3.85. The van der Waals surface area contributed by atoms with E-state index in [4.69, 9.17) is 0 Å². The Morgan fingerprint density at radius 3 is 2.59 bits per heavy atom. The van der Waals surface area contributed by atoms with Gasteiger partial charge < -0.3 is 0 Å². The second-order valence-electron chi connectivity index (χ2n) is 7.15. The van der Waals surface area contributed by atoms with E-state index in [0.717, 1.165) is 46.3 Å². The van der Waals surface area contributed by atoms with Gasteiger partial charge in [0.15, 0.2) is 0 Å². The molecule has 0 N–H and O–H groups in total. The molecule has 0 unspecified atom stereocenters. The van der Waals surface area contributed by atoms with Gasteiger partial charge in [-0.05, 0) is 55.0 Å². The molecule has 0 atom stereocenters. The van der Waals surface area contributed by atoms with Crippen molar-refractivity contribution in [1.82, 2.24) is 9.78 Å². The van der Waals surface area contributed by atoms with Gasteiger partial charge in [0, 0.05) is 25.4 Å². The first-order valence-electron chi connectivity index (χ1n) is 9.09. The highest BCUT2D eigenvalue weighted by molar-refractivity contribution is 7.92. The van der Waals surface area contributed by atoms with Gasteiger partial charge in [-0.25, -0.2) is 8.42 Å². The minimum Gasteiger partial charge on any atom is -0.275 e. The maximum Gasteiger partial charge on any atom is 0.264 e. The number of aromatic nitrogens is 2. The summed E-state index contributed by atoms with van der Waals surface area (Å²) in [7, 11) is -1.80. The van der Waals surface area contributed by atoms with Crippen LogP contribution < -0.4 is 4.31 Å².